The first kappa shape index (κ1) is 28.1. The highest BCUT2D eigenvalue weighted by atomic mass is 16.6. The van der Waals surface area contributed by atoms with Crippen LogP contribution in [0.4, 0.5) is 4.79 Å². The number of carbonyl (C=O) groups excluding carboxylic acids is 4. The molecule has 2 rings (SSSR count). The minimum atomic E-state index is -0.940. The Kier molecular flexibility index (Phi) is 10.1. The van der Waals surface area contributed by atoms with Gasteiger partial charge in [-0.3, -0.25) is 14.5 Å². The first-order valence-electron chi connectivity index (χ1n) is 12.1. The van der Waals surface area contributed by atoms with Crippen LogP contribution in [0.15, 0.2) is 30.3 Å². The molecule has 1 aliphatic heterocycles. The van der Waals surface area contributed by atoms with Gasteiger partial charge in [-0.1, -0.05) is 44.2 Å². The predicted molar refractivity (Wildman–Crippen MR) is 131 cm³/mol. The first-order valence-corrected chi connectivity index (χ1v) is 12.1. The van der Waals surface area contributed by atoms with Crippen LogP contribution >= 0.6 is 0 Å². The molecular formula is C26H39N3O6. The summed E-state index contributed by atoms with van der Waals surface area (Å²) in [6, 6.07) is 6.79. The predicted octanol–water partition coefficient (Wildman–Crippen LogP) is 2.82. The van der Waals surface area contributed by atoms with Gasteiger partial charge >= 0.3 is 12.1 Å². The number of nitrogens with zero attached hydrogens (tertiary/aromatic N) is 1. The molecule has 1 fully saturated rings. The van der Waals surface area contributed by atoms with E-state index in [0.29, 0.717) is 25.8 Å². The van der Waals surface area contributed by atoms with Crippen LogP contribution in [0.5, 0.6) is 0 Å². The van der Waals surface area contributed by atoms with Gasteiger partial charge in [-0.05, 0) is 51.5 Å². The van der Waals surface area contributed by atoms with E-state index in [1.807, 2.05) is 44.2 Å². The Labute approximate surface area is 207 Å². The van der Waals surface area contributed by atoms with E-state index in [1.165, 1.54) is 12.0 Å². The zero-order valence-corrected chi connectivity index (χ0v) is 21.6. The van der Waals surface area contributed by atoms with Crippen LogP contribution < -0.4 is 10.6 Å². The van der Waals surface area contributed by atoms with Gasteiger partial charge < -0.3 is 20.1 Å². The minimum Gasteiger partial charge on any atom is -0.467 e. The molecule has 3 amide bonds. The maximum atomic E-state index is 13.3. The second-order valence-electron chi connectivity index (χ2n) is 10.3. The number of amides is 3. The Morgan fingerprint density at radius 3 is 2.29 bits per heavy atom. The van der Waals surface area contributed by atoms with Crippen molar-refractivity contribution in [2.45, 2.75) is 84.0 Å². The minimum absolute atomic E-state index is 0.141. The molecule has 3 atom stereocenters. The summed E-state index contributed by atoms with van der Waals surface area (Å²) < 4.78 is 10.3. The lowest BCUT2D eigenvalue weighted by Gasteiger charge is -2.29. The molecule has 0 spiro atoms. The number of carbonyl (C=O) groups is 4. The average molecular weight is 490 g/mol. The standard InChI is InChI=1S/C26H39N3O6/c1-17(2)15-20(24(32)34-6)28-22(30)19(16-18-11-8-7-9-12-18)27-23(31)21-13-10-14-29(21)25(33)35-26(3,4)5/h7-9,11-12,17,19-21H,10,13-16H2,1-6H3,(H,27,31)(H,28,30)/t19-,20+,21-/m0/s1. The number of esters is 1. The van der Waals surface area contributed by atoms with E-state index in [0.717, 1.165) is 5.56 Å². The van der Waals surface area contributed by atoms with Gasteiger partial charge in [-0.15, -0.1) is 0 Å². The lowest BCUT2D eigenvalue weighted by Crippen LogP contribution is -2.56. The lowest BCUT2D eigenvalue weighted by atomic mass is 10.0. The van der Waals surface area contributed by atoms with Crippen molar-refractivity contribution in [2.24, 2.45) is 5.92 Å². The fourth-order valence-corrected chi connectivity index (χ4v) is 4.01. The van der Waals surface area contributed by atoms with Crippen molar-refractivity contribution in [2.75, 3.05) is 13.7 Å². The molecule has 1 heterocycles. The number of hydrogen-bond acceptors (Lipinski definition) is 6. The van der Waals surface area contributed by atoms with Gasteiger partial charge in [0.25, 0.3) is 0 Å². The summed E-state index contributed by atoms with van der Waals surface area (Å²) in [5.41, 5.74) is 0.164. The highest BCUT2D eigenvalue weighted by Crippen LogP contribution is 2.21. The molecule has 1 aliphatic rings. The highest BCUT2D eigenvalue weighted by Gasteiger charge is 2.38. The number of rotatable bonds is 9. The SMILES string of the molecule is COC(=O)[C@@H](CC(C)C)NC(=O)[C@H](Cc1ccccc1)NC(=O)[C@@H]1CCCN1C(=O)OC(C)(C)C. The maximum Gasteiger partial charge on any atom is 0.410 e. The second kappa shape index (κ2) is 12.6. The zero-order chi connectivity index (χ0) is 26.2. The Bertz CT molecular complexity index is 881. The van der Waals surface area contributed by atoms with Crippen molar-refractivity contribution in [3.05, 3.63) is 35.9 Å². The van der Waals surface area contributed by atoms with Crippen LogP contribution in [-0.2, 0) is 30.3 Å². The van der Waals surface area contributed by atoms with Crippen molar-refractivity contribution in [3.63, 3.8) is 0 Å². The molecule has 1 aromatic rings. The number of likely N-dealkylation sites (tertiary alicyclic amines) is 1. The number of methoxy groups -OCH3 is 1. The summed E-state index contributed by atoms with van der Waals surface area (Å²) in [7, 11) is 1.27. The largest absolute Gasteiger partial charge is 0.467 e. The second-order valence-corrected chi connectivity index (χ2v) is 10.3. The van der Waals surface area contributed by atoms with E-state index < -0.39 is 47.6 Å². The molecule has 194 valence electrons. The third-order valence-electron chi connectivity index (χ3n) is 5.61. The van der Waals surface area contributed by atoms with Crippen LogP contribution in [0, 0.1) is 5.92 Å². The van der Waals surface area contributed by atoms with Gasteiger partial charge in [-0.25, -0.2) is 9.59 Å². The van der Waals surface area contributed by atoms with E-state index in [2.05, 4.69) is 10.6 Å². The van der Waals surface area contributed by atoms with Crippen molar-refractivity contribution >= 4 is 23.9 Å². The normalized spacial score (nSPS) is 17.5. The molecule has 9 nitrogen and oxygen atoms in total. The van der Waals surface area contributed by atoms with Crippen LogP contribution in [0.2, 0.25) is 0 Å². The summed E-state index contributed by atoms with van der Waals surface area (Å²) in [6.45, 7) is 9.59. The molecule has 35 heavy (non-hydrogen) atoms. The summed E-state index contributed by atoms with van der Waals surface area (Å²) in [5.74, 6) is -1.31. The summed E-state index contributed by atoms with van der Waals surface area (Å²) in [6.07, 6.45) is 1.21. The Hall–Kier alpha value is -3.10. The summed E-state index contributed by atoms with van der Waals surface area (Å²) >= 11 is 0. The Morgan fingerprint density at radius 2 is 1.71 bits per heavy atom. The van der Waals surface area contributed by atoms with Crippen LogP contribution in [0.25, 0.3) is 0 Å². The van der Waals surface area contributed by atoms with Crippen molar-refractivity contribution < 1.29 is 28.7 Å². The van der Waals surface area contributed by atoms with Gasteiger partial charge in [0.05, 0.1) is 7.11 Å². The van der Waals surface area contributed by atoms with Gasteiger partial charge in [0.2, 0.25) is 11.8 Å². The fourth-order valence-electron chi connectivity index (χ4n) is 4.01. The molecule has 0 aromatic heterocycles. The molecule has 0 unspecified atom stereocenters. The number of nitrogens with one attached hydrogen (secondary N) is 2. The molecule has 1 saturated heterocycles. The third kappa shape index (κ3) is 8.88. The molecule has 2 N–H and O–H groups in total. The van der Waals surface area contributed by atoms with Gasteiger partial charge in [0.1, 0.15) is 23.7 Å². The average Bonchev–Trinajstić information content (AvgIpc) is 3.27. The molecule has 9 heteroatoms. The summed E-state index contributed by atoms with van der Waals surface area (Å²) in [5, 5.41) is 5.56. The van der Waals surface area contributed by atoms with Gasteiger partial charge in [0.15, 0.2) is 0 Å². The molecule has 0 saturated carbocycles. The van der Waals surface area contributed by atoms with E-state index in [1.54, 1.807) is 20.8 Å². The monoisotopic (exact) mass is 489 g/mol. The highest BCUT2D eigenvalue weighted by molar-refractivity contribution is 5.93. The zero-order valence-electron chi connectivity index (χ0n) is 21.6. The Morgan fingerprint density at radius 1 is 1.06 bits per heavy atom. The van der Waals surface area contributed by atoms with E-state index in [9.17, 15) is 19.2 Å². The van der Waals surface area contributed by atoms with Crippen LogP contribution in [0.3, 0.4) is 0 Å². The number of benzene rings is 1. The smallest absolute Gasteiger partial charge is 0.410 e. The third-order valence-corrected chi connectivity index (χ3v) is 5.61. The maximum absolute atomic E-state index is 13.3. The van der Waals surface area contributed by atoms with E-state index in [-0.39, 0.29) is 12.3 Å². The number of hydrogen-bond donors (Lipinski definition) is 2. The van der Waals surface area contributed by atoms with Crippen molar-refractivity contribution in [1.29, 1.82) is 0 Å². The van der Waals surface area contributed by atoms with Gasteiger partial charge in [0, 0.05) is 13.0 Å². The molecule has 0 radical (unpaired) electrons. The van der Waals surface area contributed by atoms with E-state index >= 15 is 0 Å². The van der Waals surface area contributed by atoms with Gasteiger partial charge in [-0.2, -0.15) is 0 Å². The van der Waals surface area contributed by atoms with Crippen molar-refractivity contribution in [3.8, 4) is 0 Å². The quantitative estimate of drug-likeness (QED) is 0.516. The topological polar surface area (TPSA) is 114 Å². The van der Waals surface area contributed by atoms with Crippen LogP contribution in [0.1, 0.15) is 59.4 Å². The molecule has 1 aromatic carbocycles. The number of ether oxygens (including phenoxy) is 2. The first-order chi connectivity index (χ1) is 16.4. The fraction of sp³-hybridized carbons (Fsp3) is 0.615. The summed E-state index contributed by atoms with van der Waals surface area (Å²) in [4.78, 5) is 52.8. The molecule has 0 bridgehead atoms. The molecule has 0 aliphatic carbocycles. The van der Waals surface area contributed by atoms with Crippen molar-refractivity contribution in [1.82, 2.24) is 15.5 Å². The lowest BCUT2D eigenvalue weighted by molar-refractivity contribution is -0.145. The Balaban J connectivity index is 2.20. The van der Waals surface area contributed by atoms with Crippen LogP contribution in [-0.4, -0.2) is 66.2 Å². The van der Waals surface area contributed by atoms with E-state index in [4.69, 9.17) is 9.47 Å². The molecular weight excluding hydrogens is 450 g/mol.